The van der Waals surface area contributed by atoms with E-state index in [4.69, 9.17) is 0 Å². The van der Waals surface area contributed by atoms with Crippen LogP contribution in [0.25, 0.3) is 6.08 Å². The maximum absolute atomic E-state index is 14.5. The molecule has 0 saturated carbocycles. The summed E-state index contributed by atoms with van der Waals surface area (Å²) in [4.78, 5) is 1.93. The summed E-state index contributed by atoms with van der Waals surface area (Å²) in [6, 6.07) is 14.1. The van der Waals surface area contributed by atoms with Crippen LogP contribution in [-0.4, -0.2) is 28.1 Å². The number of sulfonamides is 1. The minimum atomic E-state index is -3.64. The van der Waals surface area contributed by atoms with E-state index in [2.05, 4.69) is 10.8 Å². The summed E-state index contributed by atoms with van der Waals surface area (Å²) in [5.41, 5.74) is 1.54. The van der Waals surface area contributed by atoms with Crippen LogP contribution in [0, 0.1) is 5.82 Å². The highest BCUT2D eigenvalue weighted by atomic mass is 32.2. The monoisotopic (exact) mass is 360 g/mol. The summed E-state index contributed by atoms with van der Waals surface area (Å²) < 4.78 is 40.4. The molecule has 0 spiro atoms. The molecule has 0 aliphatic carbocycles. The third-order valence-corrected chi connectivity index (χ3v) is 5.83. The average Bonchev–Trinajstić information content (AvgIpc) is 3.09. The first-order valence-electron chi connectivity index (χ1n) is 8.24. The maximum Gasteiger partial charge on any atom is 0.240 e. The second kappa shape index (κ2) is 7.37. The molecule has 0 bridgehead atoms. The van der Waals surface area contributed by atoms with Crippen LogP contribution in [0.15, 0.2) is 59.5 Å². The molecule has 1 fully saturated rings. The van der Waals surface area contributed by atoms with Crippen molar-refractivity contribution in [2.45, 2.75) is 23.8 Å². The van der Waals surface area contributed by atoms with E-state index in [9.17, 15) is 12.8 Å². The van der Waals surface area contributed by atoms with Crippen molar-refractivity contribution in [1.29, 1.82) is 0 Å². The molecule has 4 nitrogen and oxygen atoms in total. The fraction of sp³-hybridized carbons (Fsp3) is 0.263. The van der Waals surface area contributed by atoms with E-state index in [1.807, 2.05) is 41.3 Å². The Balaban J connectivity index is 1.84. The van der Waals surface area contributed by atoms with Crippen molar-refractivity contribution in [2.24, 2.45) is 0 Å². The van der Waals surface area contributed by atoms with Gasteiger partial charge in [-0.3, -0.25) is 0 Å². The number of anilines is 1. The molecule has 2 aromatic carbocycles. The van der Waals surface area contributed by atoms with Crippen molar-refractivity contribution in [1.82, 2.24) is 4.72 Å². The van der Waals surface area contributed by atoms with Gasteiger partial charge < -0.3 is 4.90 Å². The number of rotatable bonds is 5. The van der Waals surface area contributed by atoms with E-state index in [0.29, 0.717) is 5.69 Å². The van der Waals surface area contributed by atoms with Crippen molar-refractivity contribution >= 4 is 21.8 Å². The molecule has 0 radical (unpaired) electrons. The predicted molar refractivity (Wildman–Crippen MR) is 98.5 cm³/mol. The van der Waals surface area contributed by atoms with Crippen LogP contribution in [0.5, 0.6) is 0 Å². The van der Waals surface area contributed by atoms with Crippen LogP contribution in [-0.2, 0) is 10.0 Å². The highest BCUT2D eigenvalue weighted by Gasteiger charge is 2.25. The zero-order valence-corrected chi connectivity index (χ0v) is 14.8. The summed E-state index contributed by atoms with van der Waals surface area (Å²) in [6.45, 7) is 0.749. The zero-order valence-electron chi connectivity index (χ0n) is 14.0. The van der Waals surface area contributed by atoms with Crippen molar-refractivity contribution in [2.75, 3.05) is 18.5 Å². The van der Waals surface area contributed by atoms with Gasteiger partial charge in [-0.2, -0.15) is 0 Å². The van der Waals surface area contributed by atoms with Crippen molar-refractivity contribution in [3.8, 4) is 0 Å². The van der Waals surface area contributed by atoms with Gasteiger partial charge >= 0.3 is 0 Å². The van der Waals surface area contributed by atoms with Crippen LogP contribution in [0.1, 0.15) is 18.4 Å². The molecule has 0 aromatic heterocycles. The van der Waals surface area contributed by atoms with Gasteiger partial charge in [0.15, 0.2) is 0 Å². The molecule has 1 saturated heterocycles. The molecule has 6 heteroatoms. The second-order valence-corrected chi connectivity index (χ2v) is 7.88. The van der Waals surface area contributed by atoms with E-state index in [-0.39, 0.29) is 10.9 Å². The predicted octanol–water partition coefficient (Wildman–Crippen LogP) is 3.42. The Morgan fingerprint density at radius 1 is 1.20 bits per heavy atom. The molecular formula is C19H21FN2O2S. The summed E-state index contributed by atoms with van der Waals surface area (Å²) in [6.07, 6.45) is 6.04. The van der Waals surface area contributed by atoms with Crippen LogP contribution < -0.4 is 9.62 Å². The van der Waals surface area contributed by atoms with Gasteiger partial charge in [-0.25, -0.2) is 17.5 Å². The highest BCUT2D eigenvalue weighted by Crippen LogP contribution is 2.30. The fourth-order valence-corrected chi connectivity index (χ4v) is 3.83. The van der Waals surface area contributed by atoms with Crippen LogP contribution in [0.3, 0.4) is 0 Å². The maximum atomic E-state index is 14.5. The first-order valence-corrected chi connectivity index (χ1v) is 9.72. The fourth-order valence-electron chi connectivity index (χ4n) is 3.08. The molecule has 1 aliphatic heterocycles. The molecule has 1 atom stereocenters. The molecule has 2 aromatic rings. The number of hydrogen-bond donors (Lipinski definition) is 1. The lowest BCUT2D eigenvalue weighted by Crippen LogP contribution is -2.28. The summed E-state index contributed by atoms with van der Waals surface area (Å²) in [5.74, 6) is -0.517. The molecule has 1 aliphatic rings. The molecule has 1 heterocycles. The van der Waals surface area contributed by atoms with Gasteiger partial charge in [0.2, 0.25) is 10.0 Å². The van der Waals surface area contributed by atoms with Gasteiger partial charge in [-0.1, -0.05) is 42.5 Å². The minimum absolute atomic E-state index is 0.0631. The number of benzene rings is 2. The summed E-state index contributed by atoms with van der Waals surface area (Å²) >= 11 is 0. The molecular weight excluding hydrogens is 339 g/mol. The van der Waals surface area contributed by atoms with Gasteiger partial charge in [0.05, 0.1) is 10.6 Å². The van der Waals surface area contributed by atoms with Crippen LogP contribution in [0.4, 0.5) is 10.1 Å². The first kappa shape index (κ1) is 17.6. The third-order valence-electron chi connectivity index (χ3n) is 4.42. The minimum Gasteiger partial charge on any atom is -0.363 e. The normalized spacial score (nSPS) is 18.2. The van der Waals surface area contributed by atoms with E-state index >= 15 is 0 Å². The van der Waals surface area contributed by atoms with Gasteiger partial charge in [0.25, 0.3) is 0 Å². The van der Waals surface area contributed by atoms with Crippen molar-refractivity contribution in [3.05, 3.63) is 66.0 Å². The summed E-state index contributed by atoms with van der Waals surface area (Å²) in [5, 5.41) is 0. The average molecular weight is 360 g/mol. The second-order valence-electron chi connectivity index (χ2n) is 5.99. The van der Waals surface area contributed by atoms with E-state index in [1.165, 1.54) is 13.1 Å². The third kappa shape index (κ3) is 3.91. The molecule has 1 unspecified atom stereocenters. The van der Waals surface area contributed by atoms with Crippen LogP contribution >= 0.6 is 0 Å². The molecule has 132 valence electrons. The summed E-state index contributed by atoms with van der Waals surface area (Å²) in [7, 11) is -2.33. The lowest BCUT2D eigenvalue weighted by atomic mass is 10.1. The standard InChI is InChI=1S/C19H21FN2O2S/c1-21-25(23,24)17-11-12-19(18(20)14-17)22-13-5-8-16(22)10-9-15-6-3-2-4-7-15/h2-4,6-7,9-12,14,16,21H,5,8,13H2,1H3/b10-9+. The number of nitrogens with one attached hydrogen (secondary N) is 1. The number of nitrogens with zero attached hydrogens (tertiary/aromatic N) is 1. The molecule has 3 rings (SSSR count). The Hall–Kier alpha value is -2.18. The van der Waals surface area contributed by atoms with E-state index in [0.717, 1.165) is 31.0 Å². The quantitative estimate of drug-likeness (QED) is 0.889. The topological polar surface area (TPSA) is 49.4 Å². The van der Waals surface area contributed by atoms with Crippen molar-refractivity contribution in [3.63, 3.8) is 0 Å². The zero-order chi connectivity index (χ0) is 17.9. The van der Waals surface area contributed by atoms with Gasteiger partial charge in [0, 0.05) is 12.6 Å². The Labute approximate surface area is 148 Å². The SMILES string of the molecule is CNS(=O)(=O)c1ccc(N2CCCC2/C=C/c2ccccc2)c(F)c1. The Morgan fingerprint density at radius 3 is 2.64 bits per heavy atom. The first-order chi connectivity index (χ1) is 12.0. The largest absolute Gasteiger partial charge is 0.363 e. The number of hydrogen-bond acceptors (Lipinski definition) is 3. The van der Waals surface area contributed by atoms with Gasteiger partial charge in [-0.15, -0.1) is 0 Å². The number of halogens is 1. The Morgan fingerprint density at radius 2 is 1.96 bits per heavy atom. The van der Waals surface area contributed by atoms with Crippen LogP contribution in [0.2, 0.25) is 0 Å². The lowest BCUT2D eigenvalue weighted by molar-refractivity contribution is 0.583. The van der Waals surface area contributed by atoms with E-state index in [1.54, 1.807) is 6.07 Å². The Bertz CT molecular complexity index is 866. The lowest BCUT2D eigenvalue weighted by Gasteiger charge is -2.25. The van der Waals surface area contributed by atoms with Crippen molar-refractivity contribution < 1.29 is 12.8 Å². The molecule has 1 N–H and O–H groups in total. The molecule has 0 amide bonds. The molecule has 25 heavy (non-hydrogen) atoms. The smallest absolute Gasteiger partial charge is 0.240 e. The van der Waals surface area contributed by atoms with Gasteiger partial charge in [0.1, 0.15) is 5.82 Å². The Kier molecular flexibility index (Phi) is 5.20. The highest BCUT2D eigenvalue weighted by molar-refractivity contribution is 7.89. The van der Waals surface area contributed by atoms with E-state index < -0.39 is 15.8 Å². The van der Waals surface area contributed by atoms with Gasteiger partial charge in [-0.05, 0) is 43.7 Å².